The van der Waals surface area contributed by atoms with E-state index in [0.717, 1.165) is 16.8 Å². The monoisotopic (exact) mass is 422 g/mol. The highest BCUT2D eigenvalue weighted by atomic mass is 35.5. The van der Waals surface area contributed by atoms with Crippen molar-refractivity contribution in [2.75, 3.05) is 0 Å². The summed E-state index contributed by atoms with van der Waals surface area (Å²) in [4.78, 5) is 4.59. The molecule has 0 bridgehead atoms. The van der Waals surface area contributed by atoms with E-state index in [9.17, 15) is 8.42 Å². The summed E-state index contributed by atoms with van der Waals surface area (Å²) in [7, 11) is -1.92. The fourth-order valence-corrected chi connectivity index (χ4v) is 4.97. The van der Waals surface area contributed by atoms with Crippen LogP contribution in [-0.2, 0) is 22.6 Å². The molecule has 0 saturated heterocycles. The van der Waals surface area contributed by atoms with Crippen LogP contribution in [0.3, 0.4) is 0 Å². The van der Waals surface area contributed by atoms with Gasteiger partial charge in [-0.15, -0.1) is 0 Å². The molecule has 146 valence electrons. The molecule has 0 radical (unpaired) electrons. The van der Waals surface area contributed by atoms with E-state index in [1.165, 1.54) is 0 Å². The maximum absolute atomic E-state index is 13.2. The van der Waals surface area contributed by atoms with Crippen LogP contribution in [0.5, 0.6) is 0 Å². The van der Waals surface area contributed by atoms with Crippen molar-refractivity contribution in [3.05, 3.63) is 95.5 Å². The lowest BCUT2D eigenvalue weighted by molar-refractivity contribution is 0.579. The summed E-state index contributed by atoms with van der Waals surface area (Å²) in [6.45, 7) is 0. The Hall–Kier alpha value is -2.89. The normalized spacial score (nSPS) is 11.5. The maximum Gasteiger partial charge on any atom is 0.228 e. The molecule has 0 N–H and O–H groups in total. The summed E-state index contributed by atoms with van der Waals surface area (Å²) >= 11 is 5.92. The maximum atomic E-state index is 13.2. The zero-order valence-corrected chi connectivity index (χ0v) is 17.4. The van der Waals surface area contributed by atoms with Gasteiger partial charge in [-0.25, -0.2) is 13.4 Å². The molecule has 1 heterocycles. The zero-order valence-electron chi connectivity index (χ0n) is 15.8. The van der Waals surface area contributed by atoms with E-state index in [1.54, 1.807) is 35.9 Å². The zero-order chi connectivity index (χ0) is 20.4. The number of hydrogen-bond donors (Lipinski definition) is 0. The number of hydrogen-bond acceptors (Lipinski definition) is 3. The molecule has 29 heavy (non-hydrogen) atoms. The number of sulfone groups is 1. The lowest BCUT2D eigenvalue weighted by Crippen LogP contribution is -2.11. The first-order valence-corrected chi connectivity index (χ1v) is 11.1. The summed E-state index contributed by atoms with van der Waals surface area (Å²) in [6.07, 6.45) is 0. The second-order valence-corrected chi connectivity index (χ2v) is 9.09. The topological polar surface area (TPSA) is 52.0 Å². The quantitative estimate of drug-likeness (QED) is 0.433. The Morgan fingerprint density at radius 2 is 1.38 bits per heavy atom. The predicted octanol–water partition coefficient (Wildman–Crippen LogP) is 5.38. The number of halogens is 1. The largest absolute Gasteiger partial charge is 0.317 e. The summed E-state index contributed by atoms with van der Waals surface area (Å²) in [5.41, 5.74) is 3.87. The van der Waals surface area contributed by atoms with Gasteiger partial charge in [-0.2, -0.15) is 0 Å². The van der Waals surface area contributed by atoms with Gasteiger partial charge in [0.25, 0.3) is 0 Å². The number of aromatic nitrogens is 2. The predicted molar refractivity (Wildman–Crippen MR) is 116 cm³/mol. The van der Waals surface area contributed by atoms with Gasteiger partial charge >= 0.3 is 0 Å². The number of rotatable bonds is 5. The van der Waals surface area contributed by atoms with Gasteiger partial charge in [0.05, 0.1) is 17.1 Å². The average Bonchev–Trinajstić information content (AvgIpc) is 3.09. The molecule has 3 aromatic carbocycles. The Morgan fingerprint density at radius 3 is 1.97 bits per heavy atom. The fraction of sp³-hybridized carbons (Fsp3) is 0.0870. The first kappa shape index (κ1) is 19.4. The van der Waals surface area contributed by atoms with Crippen molar-refractivity contribution in [3.63, 3.8) is 0 Å². The van der Waals surface area contributed by atoms with E-state index in [0.29, 0.717) is 16.3 Å². The summed E-state index contributed by atoms with van der Waals surface area (Å²) in [5.74, 6) is -0.141. The first-order chi connectivity index (χ1) is 14.0. The van der Waals surface area contributed by atoms with Crippen LogP contribution in [0.15, 0.2) is 90.1 Å². The van der Waals surface area contributed by atoms with Crippen molar-refractivity contribution in [2.45, 2.75) is 10.9 Å². The Bertz CT molecular complexity index is 1230. The second kappa shape index (κ2) is 7.85. The molecule has 4 nitrogen and oxygen atoms in total. The molecular weight excluding hydrogens is 404 g/mol. The van der Waals surface area contributed by atoms with Crippen LogP contribution >= 0.6 is 11.6 Å². The van der Waals surface area contributed by atoms with Crippen LogP contribution in [0.2, 0.25) is 5.02 Å². The van der Waals surface area contributed by atoms with Crippen molar-refractivity contribution >= 4 is 21.4 Å². The molecule has 0 saturated carbocycles. The molecule has 0 unspecified atom stereocenters. The van der Waals surface area contributed by atoms with E-state index in [-0.39, 0.29) is 10.9 Å². The number of benzene rings is 3. The second-order valence-electron chi connectivity index (χ2n) is 6.77. The van der Waals surface area contributed by atoms with Gasteiger partial charge in [0.1, 0.15) is 0 Å². The van der Waals surface area contributed by atoms with Gasteiger partial charge in [0.15, 0.2) is 0 Å². The molecule has 0 fully saturated rings. The van der Waals surface area contributed by atoms with Crippen LogP contribution in [0.25, 0.3) is 22.5 Å². The van der Waals surface area contributed by atoms with Crippen LogP contribution in [0.4, 0.5) is 0 Å². The minimum atomic E-state index is -3.67. The molecular formula is C23H19ClN2O2S. The highest BCUT2D eigenvalue weighted by Crippen LogP contribution is 2.34. The molecule has 0 aliphatic carbocycles. The minimum Gasteiger partial charge on any atom is -0.317 e. The molecule has 0 aliphatic rings. The third kappa shape index (κ3) is 3.97. The Labute approximate surface area is 175 Å². The highest BCUT2D eigenvalue weighted by molar-refractivity contribution is 7.90. The smallest absolute Gasteiger partial charge is 0.228 e. The SMILES string of the molecule is Cn1c(S(=O)(=O)Cc2ccc(Cl)cc2)nc(-c2ccccc2)c1-c1ccccc1. The number of nitrogens with zero attached hydrogens (tertiary/aromatic N) is 2. The lowest BCUT2D eigenvalue weighted by atomic mass is 10.1. The van der Waals surface area contributed by atoms with Gasteiger partial charge in [0, 0.05) is 23.2 Å². The first-order valence-electron chi connectivity index (χ1n) is 9.10. The van der Waals surface area contributed by atoms with Crippen molar-refractivity contribution in [1.29, 1.82) is 0 Å². The highest BCUT2D eigenvalue weighted by Gasteiger charge is 2.26. The van der Waals surface area contributed by atoms with E-state index in [4.69, 9.17) is 11.6 Å². The summed E-state index contributed by atoms with van der Waals surface area (Å²) in [5, 5.41) is 0.617. The average molecular weight is 423 g/mol. The van der Waals surface area contributed by atoms with Crippen LogP contribution in [0.1, 0.15) is 5.56 Å². The van der Waals surface area contributed by atoms with Crippen molar-refractivity contribution < 1.29 is 8.42 Å². The number of imidazole rings is 1. The molecule has 0 amide bonds. The van der Waals surface area contributed by atoms with Gasteiger partial charge in [-0.3, -0.25) is 0 Å². The Kier molecular flexibility index (Phi) is 5.26. The minimum absolute atomic E-state index is 0.0464. The third-order valence-electron chi connectivity index (χ3n) is 4.70. The molecule has 4 aromatic rings. The molecule has 4 rings (SSSR count). The Morgan fingerprint density at radius 1 is 0.828 bits per heavy atom. The molecule has 0 atom stereocenters. The molecule has 0 aliphatic heterocycles. The van der Waals surface area contributed by atoms with Crippen molar-refractivity contribution in [3.8, 4) is 22.5 Å². The molecule has 1 aromatic heterocycles. The van der Waals surface area contributed by atoms with Gasteiger partial charge in [-0.05, 0) is 17.7 Å². The third-order valence-corrected chi connectivity index (χ3v) is 6.58. The summed E-state index contributed by atoms with van der Waals surface area (Å²) in [6, 6.07) is 26.2. The van der Waals surface area contributed by atoms with Crippen LogP contribution in [-0.4, -0.2) is 18.0 Å². The van der Waals surface area contributed by atoms with Crippen molar-refractivity contribution in [1.82, 2.24) is 9.55 Å². The fourth-order valence-electron chi connectivity index (χ4n) is 3.34. The van der Waals surface area contributed by atoms with Crippen molar-refractivity contribution in [2.24, 2.45) is 7.05 Å². The van der Waals surface area contributed by atoms with Gasteiger partial charge in [-0.1, -0.05) is 84.4 Å². The van der Waals surface area contributed by atoms with E-state index < -0.39 is 9.84 Å². The molecule has 6 heteroatoms. The lowest BCUT2D eigenvalue weighted by Gasteiger charge is -2.08. The van der Waals surface area contributed by atoms with Crippen LogP contribution < -0.4 is 0 Å². The molecule has 0 spiro atoms. The van der Waals surface area contributed by atoms with Crippen LogP contribution in [0, 0.1) is 0 Å². The van der Waals surface area contributed by atoms with E-state index in [1.807, 2.05) is 60.7 Å². The van der Waals surface area contributed by atoms with Gasteiger partial charge < -0.3 is 4.57 Å². The standard InChI is InChI=1S/C23H19ClN2O2S/c1-26-22(19-10-6-3-7-11-19)21(18-8-4-2-5-9-18)25-23(26)29(27,28)16-17-12-14-20(24)15-13-17/h2-15H,16H2,1H3. The van der Waals surface area contributed by atoms with E-state index in [2.05, 4.69) is 4.98 Å². The summed E-state index contributed by atoms with van der Waals surface area (Å²) < 4.78 is 28.1. The Balaban J connectivity index is 1.86. The van der Waals surface area contributed by atoms with E-state index >= 15 is 0 Å². The van der Waals surface area contributed by atoms with Gasteiger partial charge in [0.2, 0.25) is 15.0 Å².